The zero-order chi connectivity index (χ0) is 21.6. The highest BCUT2D eigenvalue weighted by Gasteiger charge is 2.12. The summed E-state index contributed by atoms with van der Waals surface area (Å²) in [6, 6.07) is 18.6. The van der Waals surface area contributed by atoms with Gasteiger partial charge in [0.15, 0.2) is 11.5 Å². The molecule has 4 aromatic rings. The lowest BCUT2D eigenvalue weighted by Gasteiger charge is -2.11. The summed E-state index contributed by atoms with van der Waals surface area (Å²) in [7, 11) is 1.62. The first-order valence-electron chi connectivity index (χ1n) is 9.69. The highest BCUT2D eigenvalue weighted by molar-refractivity contribution is 7.99. The van der Waals surface area contributed by atoms with Crippen molar-refractivity contribution in [1.29, 1.82) is 0 Å². The number of anilines is 1. The smallest absolute Gasteiger partial charge is 0.234 e. The Morgan fingerprint density at radius 1 is 1.06 bits per heavy atom. The van der Waals surface area contributed by atoms with Gasteiger partial charge in [0.2, 0.25) is 5.91 Å². The van der Waals surface area contributed by atoms with Gasteiger partial charge in [0.05, 0.1) is 25.2 Å². The van der Waals surface area contributed by atoms with Crippen molar-refractivity contribution in [2.45, 2.75) is 11.9 Å². The summed E-state index contributed by atoms with van der Waals surface area (Å²) in [6.45, 7) is 2.43. The first-order valence-corrected chi connectivity index (χ1v) is 10.7. The van der Waals surface area contributed by atoms with E-state index in [0.29, 0.717) is 34.5 Å². The molecule has 9 heteroatoms. The molecule has 0 unspecified atom stereocenters. The van der Waals surface area contributed by atoms with Crippen LogP contribution in [-0.4, -0.2) is 45.2 Å². The van der Waals surface area contributed by atoms with Crippen molar-refractivity contribution in [3.8, 4) is 22.9 Å². The SMILES string of the molecule is CCOc1ccccc1NC(=O)CSc1ccc2nnc(-c3ccc(OC)cc3)n2n1. The molecule has 2 aromatic heterocycles. The van der Waals surface area contributed by atoms with E-state index in [0.717, 1.165) is 11.3 Å². The summed E-state index contributed by atoms with van der Waals surface area (Å²) in [5.74, 6) is 2.10. The van der Waals surface area contributed by atoms with E-state index < -0.39 is 0 Å². The maximum absolute atomic E-state index is 12.4. The highest BCUT2D eigenvalue weighted by atomic mass is 32.2. The van der Waals surface area contributed by atoms with Crippen LogP contribution in [0.3, 0.4) is 0 Å². The Hall–Kier alpha value is -3.59. The summed E-state index contributed by atoms with van der Waals surface area (Å²) in [5.41, 5.74) is 2.15. The zero-order valence-corrected chi connectivity index (χ0v) is 17.9. The van der Waals surface area contributed by atoms with Crippen LogP contribution in [0.1, 0.15) is 6.92 Å². The van der Waals surface area contributed by atoms with Crippen LogP contribution in [0.5, 0.6) is 11.5 Å². The summed E-state index contributed by atoms with van der Waals surface area (Å²) in [5, 5.41) is 16.6. The molecule has 2 aromatic carbocycles. The predicted octanol–water partition coefficient (Wildman–Crippen LogP) is 3.93. The molecule has 0 radical (unpaired) electrons. The standard InChI is InChI=1S/C22H21N5O3S/c1-3-30-18-7-5-4-6-17(18)23-20(28)14-31-21-13-12-19-24-25-22(27(19)26-21)15-8-10-16(29-2)11-9-15/h4-13H,3,14H2,1-2H3,(H,23,28). The number of nitrogens with one attached hydrogen (secondary N) is 1. The Morgan fingerprint density at radius 2 is 1.87 bits per heavy atom. The fraction of sp³-hybridized carbons (Fsp3) is 0.182. The van der Waals surface area contributed by atoms with Crippen LogP contribution in [-0.2, 0) is 4.79 Å². The lowest BCUT2D eigenvalue weighted by molar-refractivity contribution is -0.113. The third kappa shape index (κ3) is 4.77. The minimum Gasteiger partial charge on any atom is -0.497 e. The third-order valence-electron chi connectivity index (χ3n) is 4.40. The number of hydrogen-bond acceptors (Lipinski definition) is 7. The molecule has 31 heavy (non-hydrogen) atoms. The zero-order valence-electron chi connectivity index (χ0n) is 17.1. The van der Waals surface area contributed by atoms with Crippen LogP contribution in [0.4, 0.5) is 5.69 Å². The fourth-order valence-corrected chi connectivity index (χ4v) is 3.60. The van der Waals surface area contributed by atoms with Gasteiger partial charge in [-0.15, -0.1) is 10.2 Å². The molecule has 158 valence electrons. The van der Waals surface area contributed by atoms with E-state index in [4.69, 9.17) is 9.47 Å². The van der Waals surface area contributed by atoms with E-state index >= 15 is 0 Å². The van der Waals surface area contributed by atoms with E-state index in [2.05, 4.69) is 20.6 Å². The van der Waals surface area contributed by atoms with Crippen LogP contribution < -0.4 is 14.8 Å². The van der Waals surface area contributed by atoms with Crippen LogP contribution in [0.15, 0.2) is 65.7 Å². The monoisotopic (exact) mass is 435 g/mol. The number of methoxy groups -OCH3 is 1. The first-order chi connectivity index (χ1) is 15.2. The number of thioether (sulfide) groups is 1. The number of para-hydroxylation sites is 2. The Balaban J connectivity index is 1.47. The second kappa shape index (κ2) is 9.48. The molecule has 0 fully saturated rings. The number of amides is 1. The van der Waals surface area contributed by atoms with Gasteiger partial charge < -0.3 is 14.8 Å². The predicted molar refractivity (Wildman–Crippen MR) is 120 cm³/mol. The Bertz CT molecular complexity index is 1190. The number of rotatable bonds is 8. The number of nitrogens with zero attached hydrogens (tertiary/aromatic N) is 4. The largest absolute Gasteiger partial charge is 0.497 e. The van der Waals surface area contributed by atoms with Gasteiger partial charge >= 0.3 is 0 Å². The summed E-state index contributed by atoms with van der Waals surface area (Å²) >= 11 is 1.33. The van der Waals surface area contributed by atoms with E-state index in [9.17, 15) is 4.79 Å². The lowest BCUT2D eigenvalue weighted by atomic mass is 10.2. The topological polar surface area (TPSA) is 90.6 Å². The van der Waals surface area contributed by atoms with Crippen molar-refractivity contribution in [2.75, 3.05) is 24.8 Å². The van der Waals surface area contributed by atoms with Crippen LogP contribution in [0.25, 0.3) is 17.0 Å². The van der Waals surface area contributed by atoms with Gasteiger partial charge in [0.1, 0.15) is 16.5 Å². The molecular weight excluding hydrogens is 414 g/mol. The van der Waals surface area contributed by atoms with Crippen molar-refractivity contribution >= 4 is 29.0 Å². The number of hydrogen-bond donors (Lipinski definition) is 1. The molecule has 0 bridgehead atoms. The molecule has 0 spiro atoms. The average Bonchev–Trinajstić information content (AvgIpc) is 3.22. The number of fused-ring (bicyclic) bond motifs is 1. The molecule has 0 atom stereocenters. The van der Waals surface area contributed by atoms with Crippen molar-refractivity contribution in [3.05, 3.63) is 60.7 Å². The van der Waals surface area contributed by atoms with Crippen molar-refractivity contribution in [2.24, 2.45) is 0 Å². The van der Waals surface area contributed by atoms with Crippen LogP contribution in [0.2, 0.25) is 0 Å². The molecular formula is C22H21N5O3S. The van der Waals surface area contributed by atoms with Crippen LogP contribution >= 0.6 is 11.8 Å². The van der Waals surface area contributed by atoms with E-state index in [1.54, 1.807) is 11.6 Å². The minimum atomic E-state index is -0.141. The summed E-state index contributed by atoms with van der Waals surface area (Å²) in [4.78, 5) is 12.4. The summed E-state index contributed by atoms with van der Waals surface area (Å²) in [6.07, 6.45) is 0. The van der Waals surface area contributed by atoms with E-state index in [1.165, 1.54) is 11.8 Å². The van der Waals surface area contributed by atoms with E-state index in [-0.39, 0.29) is 11.7 Å². The van der Waals surface area contributed by atoms with Gasteiger partial charge in [-0.3, -0.25) is 4.79 Å². The van der Waals surface area contributed by atoms with Gasteiger partial charge in [0.25, 0.3) is 0 Å². The fourth-order valence-electron chi connectivity index (χ4n) is 2.95. The number of carbonyl (C=O) groups is 1. The number of benzene rings is 2. The molecule has 2 heterocycles. The second-order valence-electron chi connectivity index (χ2n) is 6.46. The first kappa shape index (κ1) is 20.7. The second-order valence-corrected chi connectivity index (χ2v) is 7.46. The molecule has 8 nitrogen and oxygen atoms in total. The Kier molecular flexibility index (Phi) is 6.32. The average molecular weight is 436 g/mol. The summed E-state index contributed by atoms with van der Waals surface area (Å²) < 4.78 is 12.4. The minimum absolute atomic E-state index is 0.141. The van der Waals surface area contributed by atoms with Crippen molar-refractivity contribution in [1.82, 2.24) is 19.8 Å². The highest BCUT2D eigenvalue weighted by Crippen LogP contribution is 2.25. The van der Waals surface area contributed by atoms with Gasteiger partial charge in [-0.2, -0.15) is 9.61 Å². The lowest BCUT2D eigenvalue weighted by Crippen LogP contribution is -2.15. The quantitative estimate of drug-likeness (QED) is 0.419. The third-order valence-corrected chi connectivity index (χ3v) is 5.32. The Morgan fingerprint density at radius 3 is 2.65 bits per heavy atom. The Labute approximate surface area is 183 Å². The van der Waals surface area contributed by atoms with Gasteiger partial charge in [-0.05, 0) is 55.5 Å². The van der Waals surface area contributed by atoms with Crippen molar-refractivity contribution < 1.29 is 14.3 Å². The van der Waals surface area contributed by atoms with Gasteiger partial charge in [-0.25, -0.2) is 0 Å². The number of ether oxygens (including phenoxy) is 2. The van der Waals surface area contributed by atoms with Gasteiger partial charge in [-0.1, -0.05) is 23.9 Å². The molecule has 1 amide bonds. The van der Waals surface area contributed by atoms with Gasteiger partial charge in [0, 0.05) is 5.56 Å². The number of aromatic nitrogens is 4. The molecule has 0 aliphatic carbocycles. The van der Waals surface area contributed by atoms with E-state index in [1.807, 2.05) is 67.6 Å². The maximum Gasteiger partial charge on any atom is 0.234 e. The van der Waals surface area contributed by atoms with Crippen LogP contribution in [0, 0.1) is 0 Å². The normalized spacial score (nSPS) is 10.8. The van der Waals surface area contributed by atoms with Crippen molar-refractivity contribution in [3.63, 3.8) is 0 Å². The molecule has 0 saturated heterocycles. The molecule has 0 saturated carbocycles. The molecule has 4 rings (SSSR count). The number of carbonyl (C=O) groups excluding carboxylic acids is 1. The maximum atomic E-state index is 12.4. The molecule has 1 N–H and O–H groups in total. The molecule has 0 aliphatic rings. The molecule has 0 aliphatic heterocycles.